The second-order valence-electron chi connectivity index (χ2n) is 7.99. The minimum Gasteiger partial charge on any atom is -0.481 e. The number of nitrogens with zero attached hydrogens (tertiary/aromatic N) is 2. The first-order valence-corrected chi connectivity index (χ1v) is 10.9. The van der Waals surface area contributed by atoms with E-state index in [-0.39, 0.29) is 12.0 Å². The van der Waals surface area contributed by atoms with E-state index in [2.05, 4.69) is 15.3 Å². The summed E-state index contributed by atoms with van der Waals surface area (Å²) in [5.74, 6) is -1.55. The van der Waals surface area contributed by atoms with Crippen LogP contribution < -0.4 is 5.32 Å². The quantitative estimate of drug-likeness (QED) is 0.342. The maximum absolute atomic E-state index is 12.8. The molecule has 0 bridgehead atoms. The zero-order chi connectivity index (χ0) is 25.7. The van der Waals surface area contributed by atoms with Crippen molar-refractivity contribution in [3.63, 3.8) is 0 Å². The van der Waals surface area contributed by atoms with Gasteiger partial charge in [0.2, 0.25) is 0 Å². The fourth-order valence-electron chi connectivity index (χ4n) is 3.65. The van der Waals surface area contributed by atoms with Crippen LogP contribution in [-0.4, -0.2) is 27.0 Å². The van der Waals surface area contributed by atoms with Crippen LogP contribution in [0.15, 0.2) is 91.4 Å². The van der Waals surface area contributed by atoms with Crippen LogP contribution in [0.5, 0.6) is 0 Å². The van der Waals surface area contributed by atoms with Gasteiger partial charge < -0.3 is 10.4 Å². The number of benzene rings is 2. The van der Waals surface area contributed by atoms with E-state index in [0.29, 0.717) is 16.8 Å². The number of alkyl halides is 3. The molecule has 0 saturated carbocycles. The third-order valence-electron chi connectivity index (χ3n) is 5.54. The zero-order valence-electron chi connectivity index (χ0n) is 18.7. The highest BCUT2D eigenvalue weighted by Crippen LogP contribution is 2.30. The first kappa shape index (κ1) is 24.6. The Labute approximate surface area is 204 Å². The Balaban J connectivity index is 1.49. The standard InChI is InChI=1S/C27H20F3N3O3/c28-27(29,30)22-9-10-23(32-16-22)19-5-7-21(8-6-19)26(36)33-24(15-25(34)35)20-3-1-17(2-4-20)18-11-13-31-14-12-18/h1-14,16,24H,15H2,(H,33,36)(H,34,35). The van der Waals surface area contributed by atoms with Gasteiger partial charge in [-0.15, -0.1) is 0 Å². The van der Waals surface area contributed by atoms with E-state index < -0.39 is 29.7 Å². The second kappa shape index (κ2) is 10.4. The van der Waals surface area contributed by atoms with Crippen LogP contribution in [0.1, 0.15) is 33.9 Å². The first-order chi connectivity index (χ1) is 17.2. The van der Waals surface area contributed by atoms with Gasteiger partial charge in [-0.05, 0) is 53.1 Å². The summed E-state index contributed by atoms with van der Waals surface area (Å²) in [5, 5.41) is 12.1. The van der Waals surface area contributed by atoms with Crippen LogP contribution in [0, 0.1) is 0 Å². The van der Waals surface area contributed by atoms with Gasteiger partial charge in [0.1, 0.15) is 0 Å². The third kappa shape index (κ3) is 5.93. The number of carboxylic acid groups (broad SMARTS) is 1. The fraction of sp³-hybridized carbons (Fsp3) is 0.111. The Morgan fingerprint density at radius 1 is 0.833 bits per heavy atom. The molecule has 0 aliphatic carbocycles. The summed E-state index contributed by atoms with van der Waals surface area (Å²) in [5.41, 5.74) is 2.80. The molecule has 0 spiro atoms. The van der Waals surface area contributed by atoms with Crippen LogP contribution in [0.2, 0.25) is 0 Å². The number of amides is 1. The minimum atomic E-state index is -4.47. The number of hydrogen-bond acceptors (Lipinski definition) is 4. The topological polar surface area (TPSA) is 92.2 Å². The molecule has 9 heteroatoms. The summed E-state index contributed by atoms with van der Waals surface area (Å²) in [6.07, 6.45) is -0.676. The van der Waals surface area contributed by atoms with Gasteiger partial charge in [-0.2, -0.15) is 13.2 Å². The lowest BCUT2D eigenvalue weighted by Gasteiger charge is -2.18. The van der Waals surface area contributed by atoms with Crippen LogP contribution in [0.4, 0.5) is 13.2 Å². The number of carboxylic acids is 1. The average molecular weight is 491 g/mol. The summed E-state index contributed by atoms with van der Waals surface area (Å²) in [6, 6.07) is 18.5. The van der Waals surface area contributed by atoms with Crippen molar-refractivity contribution in [3.8, 4) is 22.4 Å². The monoisotopic (exact) mass is 491 g/mol. The zero-order valence-corrected chi connectivity index (χ0v) is 18.7. The van der Waals surface area contributed by atoms with Crippen molar-refractivity contribution >= 4 is 11.9 Å². The van der Waals surface area contributed by atoms with Crippen LogP contribution in [0.25, 0.3) is 22.4 Å². The first-order valence-electron chi connectivity index (χ1n) is 10.9. The van der Waals surface area contributed by atoms with Gasteiger partial charge in [0.05, 0.1) is 23.7 Å². The summed E-state index contributed by atoms with van der Waals surface area (Å²) in [4.78, 5) is 32.1. The molecule has 1 unspecified atom stereocenters. The summed E-state index contributed by atoms with van der Waals surface area (Å²) in [6.45, 7) is 0. The van der Waals surface area contributed by atoms with Crippen molar-refractivity contribution in [2.45, 2.75) is 18.6 Å². The van der Waals surface area contributed by atoms with Gasteiger partial charge in [-0.1, -0.05) is 36.4 Å². The van der Waals surface area contributed by atoms with Crippen molar-refractivity contribution in [1.29, 1.82) is 0 Å². The van der Waals surface area contributed by atoms with E-state index in [1.54, 1.807) is 36.7 Å². The highest BCUT2D eigenvalue weighted by Gasteiger charge is 2.30. The van der Waals surface area contributed by atoms with Gasteiger partial charge in [-0.3, -0.25) is 19.6 Å². The lowest BCUT2D eigenvalue weighted by atomic mass is 9.99. The number of rotatable bonds is 7. The SMILES string of the molecule is O=C(O)CC(NC(=O)c1ccc(-c2ccc(C(F)(F)F)cn2)cc1)c1ccc(-c2ccncc2)cc1. The molecule has 1 amide bonds. The van der Waals surface area contributed by atoms with Crippen molar-refractivity contribution in [3.05, 3.63) is 108 Å². The van der Waals surface area contributed by atoms with Crippen molar-refractivity contribution in [2.75, 3.05) is 0 Å². The number of aliphatic carboxylic acids is 1. The molecule has 6 nitrogen and oxygen atoms in total. The number of halogens is 3. The fourth-order valence-corrected chi connectivity index (χ4v) is 3.65. The number of pyridine rings is 2. The highest BCUT2D eigenvalue weighted by molar-refractivity contribution is 5.95. The molecule has 2 heterocycles. The largest absolute Gasteiger partial charge is 0.481 e. The summed E-state index contributed by atoms with van der Waals surface area (Å²) >= 11 is 0. The predicted octanol–water partition coefficient (Wildman–Crippen LogP) is 5.78. The lowest BCUT2D eigenvalue weighted by Crippen LogP contribution is -2.30. The maximum atomic E-state index is 12.8. The Morgan fingerprint density at radius 3 is 2.00 bits per heavy atom. The Morgan fingerprint density at radius 2 is 1.44 bits per heavy atom. The molecule has 0 radical (unpaired) electrons. The molecule has 0 aliphatic rings. The average Bonchev–Trinajstić information content (AvgIpc) is 2.88. The molecule has 4 aromatic rings. The van der Waals surface area contributed by atoms with E-state index in [0.717, 1.165) is 23.4 Å². The van der Waals surface area contributed by atoms with E-state index in [1.807, 2.05) is 24.3 Å². The number of hydrogen-bond donors (Lipinski definition) is 2. The molecule has 36 heavy (non-hydrogen) atoms. The molecule has 0 fully saturated rings. The molecule has 2 aromatic carbocycles. The molecule has 1 atom stereocenters. The van der Waals surface area contributed by atoms with Gasteiger partial charge >= 0.3 is 12.1 Å². The van der Waals surface area contributed by atoms with Crippen LogP contribution >= 0.6 is 0 Å². The van der Waals surface area contributed by atoms with E-state index in [1.165, 1.54) is 18.2 Å². The predicted molar refractivity (Wildman–Crippen MR) is 127 cm³/mol. The number of nitrogens with one attached hydrogen (secondary N) is 1. The molecule has 2 aromatic heterocycles. The van der Waals surface area contributed by atoms with Crippen LogP contribution in [-0.2, 0) is 11.0 Å². The van der Waals surface area contributed by atoms with E-state index >= 15 is 0 Å². The smallest absolute Gasteiger partial charge is 0.417 e. The van der Waals surface area contributed by atoms with Gasteiger partial charge in [-0.25, -0.2) is 0 Å². The number of aromatic nitrogens is 2. The Kier molecular flexibility index (Phi) is 7.10. The number of carbonyl (C=O) groups is 2. The maximum Gasteiger partial charge on any atom is 0.417 e. The van der Waals surface area contributed by atoms with E-state index in [9.17, 15) is 27.9 Å². The Bertz CT molecular complexity index is 1340. The van der Waals surface area contributed by atoms with Crippen LogP contribution in [0.3, 0.4) is 0 Å². The molecule has 4 rings (SSSR count). The second-order valence-corrected chi connectivity index (χ2v) is 7.99. The normalized spacial score (nSPS) is 12.1. The van der Waals surface area contributed by atoms with Gasteiger partial charge in [0.15, 0.2) is 0 Å². The number of carbonyl (C=O) groups excluding carboxylic acids is 1. The van der Waals surface area contributed by atoms with Crippen molar-refractivity contribution < 1.29 is 27.9 Å². The third-order valence-corrected chi connectivity index (χ3v) is 5.54. The lowest BCUT2D eigenvalue weighted by molar-refractivity contribution is -0.138. The molecular weight excluding hydrogens is 471 g/mol. The highest BCUT2D eigenvalue weighted by atomic mass is 19.4. The Hall–Kier alpha value is -4.53. The molecule has 0 saturated heterocycles. The molecule has 182 valence electrons. The summed E-state index contributed by atoms with van der Waals surface area (Å²) in [7, 11) is 0. The van der Waals surface area contributed by atoms with Crippen molar-refractivity contribution in [1.82, 2.24) is 15.3 Å². The molecule has 2 N–H and O–H groups in total. The molecular formula is C27H20F3N3O3. The van der Waals surface area contributed by atoms with E-state index in [4.69, 9.17) is 0 Å². The van der Waals surface area contributed by atoms with Crippen molar-refractivity contribution in [2.24, 2.45) is 0 Å². The van der Waals surface area contributed by atoms with Gasteiger partial charge in [0.25, 0.3) is 5.91 Å². The van der Waals surface area contributed by atoms with Gasteiger partial charge in [0, 0.05) is 29.7 Å². The molecule has 0 aliphatic heterocycles. The minimum absolute atomic E-state index is 0.273. The summed E-state index contributed by atoms with van der Waals surface area (Å²) < 4.78 is 38.2.